The first-order chi connectivity index (χ1) is 23.4. The topological polar surface area (TPSA) is 13.0 Å². The van der Waals surface area contributed by atoms with Crippen molar-refractivity contribution in [2.45, 2.75) is 20.4 Å². The molecule has 0 saturated heterocycles. The molecule has 0 heterocycles. The molecule has 238 valence electrons. The number of rotatable bonds is 12. The van der Waals surface area contributed by atoms with E-state index in [2.05, 4.69) is 218 Å². The van der Waals surface area contributed by atoms with Crippen molar-refractivity contribution in [2.75, 3.05) is 40.4 Å². The lowest BCUT2D eigenvalue weighted by Gasteiger charge is -2.39. The van der Waals surface area contributed by atoms with Gasteiger partial charge in [-0.05, 0) is 100 Å². The average molecular weight is 626 g/mol. The Morgan fingerprint density at radius 1 is 0.417 bits per heavy atom. The van der Waals surface area contributed by atoms with Gasteiger partial charge in [0.1, 0.15) is 0 Å². The van der Waals surface area contributed by atoms with Crippen LogP contribution < -0.4 is 30.2 Å². The molecule has 0 N–H and O–H groups in total. The van der Waals surface area contributed by atoms with Crippen LogP contribution in [0.15, 0.2) is 164 Å². The molecule has 0 amide bonds. The zero-order chi connectivity index (χ0) is 33.5. The van der Waals surface area contributed by atoms with Gasteiger partial charge in [-0.25, -0.2) is 0 Å². The summed E-state index contributed by atoms with van der Waals surface area (Å²) in [5.41, 5.74) is 11.1. The Balaban J connectivity index is 1.43. The molecule has 48 heavy (non-hydrogen) atoms. The van der Waals surface area contributed by atoms with Crippen molar-refractivity contribution >= 4 is 47.6 Å². The first kappa shape index (κ1) is 32.6. The van der Waals surface area contributed by atoms with E-state index in [0.717, 1.165) is 6.54 Å². The maximum absolute atomic E-state index is 2.53. The van der Waals surface area contributed by atoms with Crippen LogP contribution in [0.3, 0.4) is 0 Å². The largest absolute Gasteiger partial charge is 0.411 e. The maximum Gasteiger partial charge on any atom is 0.411 e. The minimum atomic E-state index is -0.0301. The highest BCUT2D eigenvalue weighted by molar-refractivity contribution is 6.81. The quantitative estimate of drug-likeness (QED) is 0.129. The Morgan fingerprint density at radius 2 is 0.750 bits per heavy atom. The highest BCUT2D eigenvalue weighted by Crippen LogP contribution is 2.26. The van der Waals surface area contributed by atoms with Crippen molar-refractivity contribution in [3.05, 3.63) is 180 Å². The van der Waals surface area contributed by atoms with Crippen LogP contribution in [0.5, 0.6) is 0 Å². The molecule has 0 aliphatic carbocycles. The third-order valence-electron chi connectivity index (χ3n) is 9.34. The van der Waals surface area contributed by atoms with E-state index in [0.29, 0.717) is 0 Å². The summed E-state index contributed by atoms with van der Waals surface area (Å²) in [4.78, 5) is 9.69. The van der Waals surface area contributed by atoms with Gasteiger partial charge in [0.15, 0.2) is 0 Å². The Labute approximate surface area is 288 Å². The highest BCUT2D eigenvalue weighted by atomic mass is 15.2. The van der Waals surface area contributed by atoms with Crippen LogP contribution in [0.2, 0.25) is 0 Å². The number of hydrogen-bond donors (Lipinski definition) is 0. The van der Waals surface area contributed by atoms with E-state index >= 15 is 0 Å². The van der Waals surface area contributed by atoms with Crippen LogP contribution >= 0.6 is 0 Å². The minimum absolute atomic E-state index is 0.00430. The number of aryl methyl sites for hydroxylation is 2. The molecule has 0 unspecified atom stereocenters. The van der Waals surface area contributed by atoms with E-state index in [1.54, 1.807) is 0 Å². The van der Waals surface area contributed by atoms with Gasteiger partial charge in [0, 0.05) is 29.3 Å². The number of para-hydroxylation sites is 4. The van der Waals surface area contributed by atoms with Crippen LogP contribution in [0, 0.1) is 13.8 Å². The van der Waals surface area contributed by atoms with Crippen molar-refractivity contribution in [3.63, 3.8) is 0 Å². The number of nitrogens with zero attached hydrogens (tertiary/aromatic N) is 4. The molecule has 6 rings (SSSR count). The van der Waals surface area contributed by atoms with Gasteiger partial charge in [0.05, 0.1) is 0 Å². The molecule has 4 nitrogen and oxygen atoms in total. The summed E-state index contributed by atoms with van der Waals surface area (Å²) in [6.45, 7) is 5.26. The van der Waals surface area contributed by atoms with Gasteiger partial charge in [0.25, 0.3) is 0 Å². The van der Waals surface area contributed by atoms with Crippen molar-refractivity contribution in [3.8, 4) is 0 Å². The standard InChI is InChI=1S/C42H44B2N4/c1-34-31-36(32-35(2)42(34)44(46(4)39-25-15-8-16-26-39)47(5)40-27-17-9-18-28-40)33-48(41-29-19-10-20-30-41)43(37-21-11-6-12-22-37)45(3)38-23-13-7-14-24-38/h6-32H,33H2,1-5H3. The minimum Gasteiger partial charge on any atom is -0.395 e. The lowest BCUT2D eigenvalue weighted by Crippen LogP contribution is -2.60. The van der Waals surface area contributed by atoms with Crippen LogP contribution in [0.1, 0.15) is 16.7 Å². The predicted molar refractivity (Wildman–Crippen MR) is 210 cm³/mol. The maximum atomic E-state index is 2.53. The Kier molecular flexibility index (Phi) is 10.2. The third-order valence-corrected chi connectivity index (χ3v) is 9.34. The fourth-order valence-electron chi connectivity index (χ4n) is 7.00. The zero-order valence-electron chi connectivity index (χ0n) is 28.7. The number of hydrogen-bond acceptors (Lipinski definition) is 4. The molecule has 6 aromatic carbocycles. The van der Waals surface area contributed by atoms with Crippen molar-refractivity contribution < 1.29 is 0 Å². The van der Waals surface area contributed by atoms with Gasteiger partial charge in [-0.15, -0.1) is 0 Å². The summed E-state index contributed by atoms with van der Waals surface area (Å²) >= 11 is 0. The van der Waals surface area contributed by atoms with Gasteiger partial charge >= 0.3 is 14.0 Å². The molecular formula is C42H44B2N4. The Hall–Kier alpha value is -5.35. The molecule has 0 aliphatic heterocycles. The van der Waals surface area contributed by atoms with E-state index in [1.807, 2.05) is 0 Å². The Morgan fingerprint density at radius 3 is 1.15 bits per heavy atom. The van der Waals surface area contributed by atoms with Crippen LogP contribution in [-0.2, 0) is 6.54 Å². The van der Waals surface area contributed by atoms with Crippen LogP contribution in [0.4, 0.5) is 22.7 Å². The van der Waals surface area contributed by atoms with Gasteiger partial charge in [-0.1, -0.05) is 126 Å². The normalized spacial score (nSPS) is 10.7. The molecule has 0 saturated carbocycles. The molecule has 0 spiro atoms. The molecule has 0 fully saturated rings. The van der Waals surface area contributed by atoms with Crippen molar-refractivity contribution in [2.24, 2.45) is 0 Å². The van der Waals surface area contributed by atoms with Crippen LogP contribution in [-0.4, -0.2) is 35.1 Å². The lowest BCUT2D eigenvalue weighted by atomic mass is 9.60. The fourth-order valence-corrected chi connectivity index (χ4v) is 7.00. The molecule has 0 aromatic heterocycles. The molecule has 6 aromatic rings. The first-order valence-electron chi connectivity index (χ1n) is 16.7. The molecule has 0 atom stereocenters. The summed E-state index contributed by atoms with van der Waals surface area (Å²) in [5, 5.41) is 0. The summed E-state index contributed by atoms with van der Waals surface area (Å²) in [6.07, 6.45) is 0. The van der Waals surface area contributed by atoms with E-state index in [4.69, 9.17) is 0 Å². The monoisotopic (exact) mass is 626 g/mol. The SMILES string of the molecule is Cc1cc(CN(B(c2ccccc2)N(C)c2ccccc2)c2ccccc2)cc(C)c1B(N(C)c1ccccc1)N(C)c1ccccc1. The van der Waals surface area contributed by atoms with Gasteiger partial charge < -0.3 is 19.2 Å². The molecule has 0 radical (unpaired) electrons. The molecular weight excluding hydrogens is 582 g/mol. The van der Waals surface area contributed by atoms with E-state index in [9.17, 15) is 0 Å². The smallest absolute Gasteiger partial charge is 0.395 e. The van der Waals surface area contributed by atoms with Crippen LogP contribution in [0.25, 0.3) is 0 Å². The Bertz CT molecular complexity index is 1800. The summed E-state index contributed by atoms with van der Waals surface area (Å²) < 4.78 is 0. The average Bonchev–Trinajstić information content (AvgIpc) is 3.14. The van der Waals surface area contributed by atoms with E-state index in [-0.39, 0.29) is 14.0 Å². The third kappa shape index (κ3) is 7.13. The van der Waals surface area contributed by atoms with E-state index in [1.165, 1.54) is 50.4 Å². The van der Waals surface area contributed by atoms with Gasteiger partial charge in [-0.3, -0.25) is 0 Å². The highest BCUT2D eigenvalue weighted by Gasteiger charge is 2.35. The first-order valence-corrected chi connectivity index (χ1v) is 16.7. The zero-order valence-corrected chi connectivity index (χ0v) is 28.7. The summed E-state index contributed by atoms with van der Waals surface area (Å²) in [7, 11) is 6.60. The molecule has 6 heteroatoms. The summed E-state index contributed by atoms with van der Waals surface area (Å²) in [5.74, 6) is 0. The van der Waals surface area contributed by atoms with Gasteiger partial charge in [0.2, 0.25) is 0 Å². The summed E-state index contributed by atoms with van der Waals surface area (Å²) in [6, 6.07) is 58.5. The second kappa shape index (κ2) is 15.0. The van der Waals surface area contributed by atoms with Gasteiger partial charge in [-0.2, -0.15) is 0 Å². The van der Waals surface area contributed by atoms with Crippen molar-refractivity contribution in [1.82, 2.24) is 0 Å². The number of anilines is 4. The molecule has 0 aliphatic rings. The predicted octanol–water partition coefficient (Wildman–Crippen LogP) is 7.81. The second-order valence-corrected chi connectivity index (χ2v) is 12.6. The fraction of sp³-hybridized carbons (Fsp3) is 0.143. The second-order valence-electron chi connectivity index (χ2n) is 12.6. The molecule has 0 bridgehead atoms. The van der Waals surface area contributed by atoms with Crippen molar-refractivity contribution in [1.29, 1.82) is 0 Å². The lowest BCUT2D eigenvalue weighted by molar-refractivity contribution is 1.00. The number of benzene rings is 6. The van der Waals surface area contributed by atoms with E-state index < -0.39 is 0 Å².